The minimum absolute atomic E-state index is 0.102. The van der Waals surface area contributed by atoms with E-state index in [1.54, 1.807) is 6.07 Å². The van der Waals surface area contributed by atoms with E-state index in [4.69, 9.17) is 4.74 Å². The Morgan fingerprint density at radius 3 is 2.81 bits per heavy atom. The van der Waals surface area contributed by atoms with Crippen LogP contribution in [0.2, 0.25) is 0 Å². The Balaban J connectivity index is 2.39. The van der Waals surface area contributed by atoms with E-state index in [0.29, 0.717) is 21.3 Å². The Hall–Kier alpha value is -1.74. The number of hydrogen-bond acceptors (Lipinski definition) is 6. The largest absolute Gasteiger partial charge is 0.430 e. The molecule has 0 spiro atoms. The van der Waals surface area contributed by atoms with Gasteiger partial charge in [0.05, 0.1) is 4.92 Å². The molecular formula is C12H10Br2N4O3. The molecule has 0 aliphatic rings. The first-order valence-electron chi connectivity index (χ1n) is 5.89. The molecule has 110 valence electrons. The molecule has 0 aliphatic heterocycles. The van der Waals surface area contributed by atoms with Crippen molar-refractivity contribution in [2.24, 2.45) is 0 Å². The van der Waals surface area contributed by atoms with Crippen LogP contribution in [0.5, 0.6) is 11.6 Å². The minimum Gasteiger partial charge on any atom is -0.430 e. The number of nitro groups is 1. The highest BCUT2D eigenvalue weighted by Gasteiger charge is 2.19. The summed E-state index contributed by atoms with van der Waals surface area (Å²) in [6.45, 7) is 2.60. The quantitative estimate of drug-likeness (QED) is 0.580. The van der Waals surface area contributed by atoms with Crippen molar-refractivity contribution in [2.45, 2.75) is 6.92 Å². The van der Waals surface area contributed by atoms with Crippen molar-refractivity contribution < 1.29 is 9.66 Å². The molecular weight excluding hydrogens is 408 g/mol. The second-order valence-corrected chi connectivity index (χ2v) is 5.55. The van der Waals surface area contributed by atoms with Gasteiger partial charge in [-0.2, -0.15) is 0 Å². The maximum Gasteiger partial charge on any atom is 0.312 e. The molecule has 0 aliphatic carbocycles. The van der Waals surface area contributed by atoms with Gasteiger partial charge in [-0.1, -0.05) is 15.9 Å². The van der Waals surface area contributed by atoms with Crippen LogP contribution in [0.1, 0.15) is 6.92 Å². The first kappa shape index (κ1) is 15.6. The van der Waals surface area contributed by atoms with E-state index in [2.05, 4.69) is 47.1 Å². The molecule has 0 radical (unpaired) electrons. The first-order valence-corrected chi connectivity index (χ1v) is 7.47. The summed E-state index contributed by atoms with van der Waals surface area (Å²) >= 11 is 6.52. The van der Waals surface area contributed by atoms with Gasteiger partial charge in [-0.25, -0.2) is 9.97 Å². The molecule has 1 aromatic carbocycles. The van der Waals surface area contributed by atoms with Gasteiger partial charge in [0.15, 0.2) is 0 Å². The van der Waals surface area contributed by atoms with Crippen LogP contribution in [0.25, 0.3) is 0 Å². The zero-order chi connectivity index (χ0) is 15.4. The Labute approximate surface area is 137 Å². The van der Waals surface area contributed by atoms with Crippen LogP contribution in [-0.2, 0) is 0 Å². The van der Waals surface area contributed by atoms with Crippen LogP contribution >= 0.6 is 31.9 Å². The molecule has 0 unspecified atom stereocenters. The second kappa shape index (κ2) is 6.81. The molecule has 2 aromatic rings. The summed E-state index contributed by atoms with van der Waals surface area (Å²) in [4.78, 5) is 18.6. The average Bonchev–Trinajstić information content (AvgIpc) is 2.45. The Morgan fingerprint density at radius 2 is 2.14 bits per heavy atom. The molecule has 1 N–H and O–H groups in total. The molecule has 0 atom stereocenters. The number of ether oxygens (including phenoxy) is 1. The summed E-state index contributed by atoms with van der Waals surface area (Å²) in [5.74, 6) is 0.860. The Bertz CT molecular complexity index is 682. The molecule has 0 saturated carbocycles. The molecule has 0 bridgehead atoms. The summed E-state index contributed by atoms with van der Waals surface area (Å²) in [7, 11) is 0. The maximum absolute atomic E-state index is 11.1. The van der Waals surface area contributed by atoms with Gasteiger partial charge in [-0.05, 0) is 35.0 Å². The first-order chi connectivity index (χ1) is 10.0. The van der Waals surface area contributed by atoms with Gasteiger partial charge < -0.3 is 10.1 Å². The maximum atomic E-state index is 11.1. The zero-order valence-corrected chi connectivity index (χ0v) is 14.0. The van der Waals surface area contributed by atoms with Crippen molar-refractivity contribution in [1.29, 1.82) is 0 Å². The summed E-state index contributed by atoms with van der Waals surface area (Å²) in [6, 6.07) is 4.53. The summed E-state index contributed by atoms with van der Waals surface area (Å²) in [5.41, 5.74) is -0.153. The molecule has 1 heterocycles. The van der Waals surface area contributed by atoms with E-state index < -0.39 is 4.92 Å². The van der Waals surface area contributed by atoms with E-state index in [0.717, 1.165) is 0 Å². The average molecular weight is 418 g/mol. The van der Waals surface area contributed by atoms with Crippen molar-refractivity contribution in [2.75, 3.05) is 11.9 Å². The molecule has 7 nitrogen and oxygen atoms in total. The van der Waals surface area contributed by atoms with E-state index in [1.807, 2.05) is 6.92 Å². The number of hydrogen-bond donors (Lipinski definition) is 1. The van der Waals surface area contributed by atoms with E-state index in [1.165, 1.54) is 18.5 Å². The number of halogens is 2. The van der Waals surface area contributed by atoms with E-state index in [9.17, 15) is 10.1 Å². The smallest absolute Gasteiger partial charge is 0.312 e. The summed E-state index contributed by atoms with van der Waals surface area (Å²) in [6.07, 6.45) is 1.32. The van der Waals surface area contributed by atoms with Gasteiger partial charge >= 0.3 is 5.69 Å². The topological polar surface area (TPSA) is 90.2 Å². The van der Waals surface area contributed by atoms with E-state index in [-0.39, 0.29) is 17.3 Å². The van der Waals surface area contributed by atoms with Crippen molar-refractivity contribution in [3.63, 3.8) is 0 Å². The summed E-state index contributed by atoms with van der Waals surface area (Å²) in [5, 5.41) is 14.1. The van der Waals surface area contributed by atoms with Gasteiger partial charge in [0.25, 0.3) is 0 Å². The van der Waals surface area contributed by atoms with Crippen LogP contribution in [0.15, 0.2) is 33.5 Å². The molecule has 2 rings (SSSR count). The number of rotatable bonds is 5. The number of nitrogens with zero attached hydrogens (tertiary/aromatic N) is 3. The zero-order valence-electron chi connectivity index (χ0n) is 10.8. The predicted octanol–water partition coefficient (Wildman–Crippen LogP) is 4.13. The van der Waals surface area contributed by atoms with Crippen molar-refractivity contribution in [1.82, 2.24) is 9.97 Å². The lowest BCUT2D eigenvalue weighted by molar-refractivity contribution is -0.385. The SMILES string of the molecule is CCNc1ncnc(Oc2ccc(Br)cc2[N+](=O)[O-])c1Br. The van der Waals surface area contributed by atoms with Gasteiger partial charge in [0, 0.05) is 17.1 Å². The number of nitrogens with one attached hydrogen (secondary N) is 1. The van der Waals surface area contributed by atoms with Crippen LogP contribution in [0, 0.1) is 10.1 Å². The van der Waals surface area contributed by atoms with Crippen molar-refractivity contribution >= 4 is 43.4 Å². The molecule has 0 saturated heterocycles. The highest BCUT2D eigenvalue weighted by Crippen LogP contribution is 2.37. The summed E-state index contributed by atoms with van der Waals surface area (Å²) < 4.78 is 6.64. The number of aromatic nitrogens is 2. The highest BCUT2D eigenvalue weighted by molar-refractivity contribution is 9.11. The number of benzene rings is 1. The Morgan fingerprint density at radius 1 is 1.38 bits per heavy atom. The molecule has 0 amide bonds. The fourth-order valence-corrected chi connectivity index (χ4v) is 2.31. The standard InChI is InChI=1S/C12H10Br2N4O3/c1-2-15-11-10(14)12(17-6-16-11)21-9-4-3-7(13)5-8(9)18(19)20/h3-6H,2H2,1H3,(H,15,16,17). The predicted molar refractivity (Wildman–Crippen MR) is 84.8 cm³/mol. The lowest BCUT2D eigenvalue weighted by Gasteiger charge is -2.10. The number of anilines is 1. The van der Waals surface area contributed by atoms with Crippen molar-refractivity contribution in [3.05, 3.63) is 43.6 Å². The number of nitro benzene ring substituents is 1. The Kier molecular flexibility index (Phi) is 5.07. The molecule has 1 aromatic heterocycles. The molecule has 0 fully saturated rings. The fourth-order valence-electron chi connectivity index (χ4n) is 1.54. The lowest BCUT2D eigenvalue weighted by atomic mass is 10.3. The van der Waals surface area contributed by atoms with Crippen molar-refractivity contribution in [3.8, 4) is 11.6 Å². The highest BCUT2D eigenvalue weighted by atomic mass is 79.9. The van der Waals surface area contributed by atoms with Crippen LogP contribution in [0.4, 0.5) is 11.5 Å². The van der Waals surface area contributed by atoms with Gasteiger partial charge in [0.2, 0.25) is 11.6 Å². The lowest BCUT2D eigenvalue weighted by Crippen LogP contribution is -2.02. The minimum atomic E-state index is -0.513. The van der Waals surface area contributed by atoms with E-state index >= 15 is 0 Å². The van der Waals surface area contributed by atoms with Crippen LogP contribution in [-0.4, -0.2) is 21.4 Å². The molecule has 21 heavy (non-hydrogen) atoms. The van der Waals surface area contributed by atoms with Gasteiger partial charge in [-0.3, -0.25) is 10.1 Å². The fraction of sp³-hybridized carbons (Fsp3) is 0.167. The normalized spacial score (nSPS) is 10.2. The third kappa shape index (κ3) is 3.67. The van der Waals surface area contributed by atoms with Gasteiger partial charge in [0.1, 0.15) is 16.6 Å². The van der Waals surface area contributed by atoms with Gasteiger partial charge in [-0.15, -0.1) is 0 Å². The second-order valence-electron chi connectivity index (χ2n) is 3.84. The van der Waals surface area contributed by atoms with Crippen LogP contribution in [0.3, 0.4) is 0 Å². The third-order valence-corrected chi connectivity index (χ3v) is 3.63. The molecule has 9 heteroatoms. The van der Waals surface area contributed by atoms with Crippen LogP contribution < -0.4 is 10.1 Å². The third-order valence-electron chi connectivity index (χ3n) is 2.43. The monoisotopic (exact) mass is 416 g/mol.